The van der Waals surface area contributed by atoms with E-state index in [-0.39, 0.29) is 11.3 Å². The normalized spacial score (nSPS) is 23.9. The molecule has 1 atom stereocenters. The number of nitrogens with zero attached hydrogens (tertiary/aromatic N) is 5. The second-order valence-corrected chi connectivity index (χ2v) is 7.79. The van der Waals surface area contributed by atoms with Crippen LogP contribution in [0.15, 0.2) is 24.0 Å². The predicted molar refractivity (Wildman–Crippen MR) is 93.3 cm³/mol. The zero-order valence-electron chi connectivity index (χ0n) is 13.8. The first-order valence-corrected chi connectivity index (χ1v) is 9.25. The molecule has 2 aliphatic rings. The molecule has 0 saturated carbocycles. The molecule has 6 nitrogen and oxygen atoms in total. The van der Waals surface area contributed by atoms with Gasteiger partial charge in [-0.1, -0.05) is 11.3 Å². The highest BCUT2D eigenvalue weighted by Gasteiger charge is 2.43. The Kier molecular flexibility index (Phi) is 3.96. The van der Waals surface area contributed by atoms with Crippen molar-refractivity contribution < 1.29 is 4.79 Å². The molecule has 2 fully saturated rings. The van der Waals surface area contributed by atoms with Crippen molar-refractivity contribution in [3.63, 3.8) is 0 Å². The van der Waals surface area contributed by atoms with E-state index >= 15 is 0 Å². The number of hydrogen-bond donors (Lipinski definition) is 0. The summed E-state index contributed by atoms with van der Waals surface area (Å²) in [6.07, 6.45) is 6.84. The van der Waals surface area contributed by atoms with Crippen LogP contribution in [0.1, 0.15) is 35.2 Å². The van der Waals surface area contributed by atoms with E-state index in [4.69, 9.17) is 0 Å². The summed E-state index contributed by atoms with van der Waals surface area (Å²) >= 11 is 1.59. The summed E-state index contributed by atoms with van der Waals surface area (Å²) in [5.41, 5.74) is 3.70. The minimum Gasteiger partial charge on any atom is -0.346 e. The molecule has 2 aliphatic heterocycles. The van der Waals surface area contributed by atoms with E-state index in [1.54, 1.807) is 29.2 Å². The molecule has 126 valence electrons. The van der Waals surface area contributed by atoms with Gasteiger partial charge in [-0.2, -0.15) is 0 Å². The Morgan fingerprint density at radius 2 is 2.17 bits per heavy atom. The number of carbonyl (C=O) groups excluding carboxylic acids is 1. The maximum absolute atomic E-state index is 12.8. The van der Waals surface area contributed by atoms with Crippen LogP contribution in [-0.4, -0.2) is 52.2 Å². The van der Waals surface area contributed by atoms with Gasteiger partial charge in [0.2, 0.25) is 5.13 Å². The fourth-order valence-electron chi connectivity index (χ4n) is 3.97. The average Bonchev–Trinajstić information content (AvgIpc) is 3.25. The van der Waals surface area contributed by atoms with Crippen LogP contribution in [0.25, 0.3) is 0 Å². The number of anilines is 1. The van der Waals surface area contributed by atoms with E-state index in [1.807, 2.05) is 17.9 Å². The van der Waals surface area contributed by atoms with Crippen LogP contribution >= 0.6 is 11.3 Å². The van der Waals surface area contributed by atoms with E-state index in [0.29, 0.717) is 5.56 Å². The van der Waals surface area contributed by atoms with Crippen LogP contribution < -0.4 is 4.90 Å². The second kappa shape index (κ2) is 6.12. The Bertz CT molecular complexity index is 734. The lowest BCUT2D eigenvalue weighted by Gasteiger charge is -2.40. The molecule has 2 aromatic rings. The predicted octanol–water partition coefficient (Wildman–Crippen LogP) is 2.37. The Balaban J connectivity index is 1.48. The van der Waals surface area contributed by atoms with Gasteiger partial charge in [-0.25, -0.2) is 0 Å². The van der Waals surface area contributed by atoms with Gasteiger partial charge in [0.05, 0.1) is 5.56 Å². The van der Waals surface area contributed by atoms with Crippen LogP contribution in [0.5, 0.6) is 0 Å². The smallest absolute Gasteiger partial charge is 0.255 e. The molecule has 2 saturated heterocycles. The highest BCUT2D eigenvalue weighted by molar-refractivity contribution is 7.13. The Morgan fingerprint density at radius 3 is 2.96 bits per heavy atom. The molecule has 7 heteroatoms. The van der Waals surface area contributed by atoms with E-state index in [1.165, 1.54) is 6.42 Å². The van der Waals surface area contributed by atoms with Gasteiger partial charge in [0.15, 0.2) is 0 Å². The number of pyridine rings is 1. The number of aryl methyl sites for hydroxylation is 1. The molecule has 0 N–H and O–H groups in total. The van der Waals surface area contributed by atoms with E-state index in [0.717, 1.165) is 49.7 Å². The van der Waals surface area contributed by atoms with Crippen molar-refractivity contribution in [2.45, 2.75) is 26.2 Å². The third-order valence-corrected chi connectivity index (χ3v) is 5.88. The molecule has 0 aromatic carbocycles. The largest absolute Gasteiger partial charge is 0.346 e. The average molecular weight is 343 g/mol. The number of likely N-dealkylation sites (tertiary alicyclic amines) is 1. The second-order valence-electron chi connectivity index (χ2n) is 6.97. The van der Waals surface area contributed by atoms with Gasteiger partial charge in [-0.15, -0.1) is 10.2 Å². The van der Waals surface area contributed by atoms with Gasteiger partial charge in [0, 0.05) is 44.0 Å². The highest BCUT2D eigenvalue weighted by Crippen LogP contribution is 2.40. The first kappa shape index (κ1) is 15.5. The molecule has 24 heavy (non-hydrogen) atoms. The summed E-state index contributed by atoms with van der Waals surface area (Å²) < 4.78 is 0. The monoisotopic (exact) mass is 343 g/mol. The fourth-order valence-corrected chi connectivity index (χ4v) is 4.56. The van der Waals surface area contributed by atoms with Crippen LogP contribution in [0, 0.1) is 12.3 Å². The highest BCUT2D eigenvalue weighted by atomic mass is 32.1. The Morgan fingerprint density at radius 1 is 1.25 bits per heavy atom. The summed E-state index contributed by atoms with van der Waals surface area (Å²) in [5, 5.41) is 9.17. The Hall–Kier alpha value is -2.02. The third kappa shape index (κ3) is 2.88. The molecule has 0 bridgehead atoms. The van der Waals surface area contributed by atoms with Crippen LogP contribution in [0.4, 0.5) is 5.13 Å². The zero-order valence-corrected chi connectivity index (χ0v) is 14.6. The quantitative estimate of drug-likeness (QED) is 0.838. The molecule has 2 aromatic heterocycles. The van der Waals surface area contributed by atoms with Gasteiger partial charge in [-0.3, -0.25) is 9.78 Å². The maximum atomic E-state index is 12.8. The van der Waals surface area contributed by atoms with Gasteiger partial charge in [0.1, 0.15) is 5.51 Å². The number of amides is 1. The van der Waals surface area contributed by atoms with Crippen molar-refractivity contribution in [2.24, 2.45) is 5.41 Å². The van der Waals surface area contributed by atoms with Crippen molar-refractivity contribution in [3.05, 3.63) is 35.1 Å². The maximum Gasteiger partial charge on any atom is 0.255 e. The lowest BCUT2D eigenvalue weighted by molar-refractivity contribution is 0.0767. The molecule has 4 heterocycles. The molecular weight excluding hydrogens is 322 g/mol. The summed E-state index contributed by atoms with van der Waals surface area (Å²) in [6, 6.07) is 1.93. The minimum atomic E-state index is 0.108. The minimum absolute atomic E-state index is 0.108. The summed E-state index contributed by atoms with van der Waals surface area (Å²) in [5.74, 6) is 0.108. The first-order valence-electron chi connectivity index (χ1n) is 8.37. The van der Waals surface area contributed by atoms with Crippen molar-refractivity contribution in [2.75, 3.05) is 31.1 Å². The van der Waals surface area contributed by atoms with Gasteiger partial charge in [0.25, 0.3) is 5.91 Å². The number of hydrogen-bond acceptors (Lipinski definition) is 6. The van der Waals surface area contributed by atoms with Crippen molar-refractivity contribution in [1.29, 1.82) is 0 Å². The molecule has 1 spiro atoms. The zero-order chi connectivity index (χ0) is 16.6. The van der Waals surface area contributed by atoms with E-state index < -0.39 is 0 Å². The van der Waals surface area contributed by atoms with E-state index in [9.17, 15) is 4.79 Å². The molecule has 0 radical (unpaired) electrons. The molecule has 4 rings (SSSR count). The third-order valence-electron chi connectivity index (χ3n) is 5.13. The number of rotatable bonds is 2. The van der Waals surface area contributed by atoms with Gasteiger partial charge >= 0.3 is 0 Å². The molecule has 0 unspecified atom stereocenters. The van der Waals surface area contributed by atoms with Crippen LogP contribution in [0.3, 0.4) is 0 Å². The van der Waals surface area contributed by atoms with Gasteiger partial charge < -0.3 is 9.80 Å². The Labute approximate surface area is 145 Å². The lowest BCUT2D eigenvalue weighted by atomic mass is 9.79. The topological polar surface area (TPSA) is 62.2 Å². The summed E-state index contributed by atoms with van der Waals surface area (Å²) in [7, 11) is 0. The number of aromatic nitrogens is 3. The molecular formula is C17H21N5OS. The molecule has 1 amide bonds. The van der Waals surface area contributed by atoms with Crippen molar-refractivity contribution >= 4 is 22.4 Å². The van der Waals surface area contributed by atoms with Crippen LogP contribution in [0.2, 0.25) is 0 Å². The van der Waals surface area contributed by atoms with E-state index in [2.05, 4.69) is 20.1 Å². The van der Waals surface area contributed by atoms with Gasteiger partial charge in [-0.05, 0) is 37.8 Å². The number of carbonyl (C=O) groups is 1. The van der Waals surface area contributed by atoms with Crippen molar-refractivity contribution in [3.8, 4) is 0 Å². The number of piperidine rings is 1. The fraction of sp³-hybridized carbons (Fsp3) is 0.529. The lowest BCUT2D eigenvalue weighted by Crippen LogP contribution is -2.45. The van der Waals surface area contributed by atoms with Crippen LogP contribution in [-0.2, 0) is 0 Å². The molecule has 0 aliphatic carbocycles. The first-order chi connectivity index (χ1) is 11.7. The van der Waals surface area contributed by atoms with Crippen molar-refractivity contribution in [1.82, 2.24) is 20.1 Å². The standard InChI is InChI=1S/C17H21N5OS/c1-13-7-14(9-18-8-13)15(23)21-6-4-17(10-21)3-2-5-22(11-17)16-20-19-12-24-16/h7-9,12H,2-6,10-11H2,1H3/t17-/m1/s1. The SMILES string of the molecule is Cc1cncc(C(=O)N2CC[C@]3(CCCN(c4nncs4)C3)C2)c1. The summed E-state index contributed by atoms with van der Waals surface area (Å²) in [6.45, 7) is 5.63. The summed E-state index contributed by atoms with van der Waals surface area (Å²) in [4.78, 5) is 21.3.